The highest BCUT2D eigenvalue weighted by atomic mass is 19.4. The molecule has 0 aromatic carbocycles. The first-order valence-electron chi connectivity index (χ1n) is 14.5. The van der Waals surface area contributed by atoms with Gasteiger partial charge in [0.05, 0.1) is 26.7 Å². The number of ether oxygens (including phenoxy) is 1. The Balaban J connectivity index is 7.01. The zero-order valence-electron chi connectivity index (χ0n) is 28.5. The lowest BCUT2D eigenvalue weighted by atomic mass is 9.83. The second kappa shape index (κ2) is 15.3. The van der Waals surface area contributed by atoms with Gasteiger partial charge in [-0.2, -0.15) is 127 Å². The molecule has 0 aliphatic rings. The molecule has 0 radical (unpaired) electrons. The minimum atomic E-state index is -10.0. The van der Waals surface area contributed by atoms with E-state index in [2.05, 4.69) is 0 Å². The summed E-state index contributed by atoms with van der Waals surface area (Å²) in [5.41, 5.74) is 0. The summed E-state index contributed by atoms with van der Waals surface area (Å²) in [6.07, 6.45) is -9.83. The number of hydrogen-bond donors (Lipinski definition) is 1. The first-order chi connectivity index (χ1) is 25.2. The average Bonchev–Trinajstić information content (AvgIpc) is 3.00. The van der Waals surface area contributed by atoms with Gasteiger partial charge in [0.2, 0.25) is 0 Å². The van der Waals surface area contributed by atoms with E-state index in [9.17, 15) is 137 Å². The fourth-order valence-electron chi connectivity index (χ4n) is 4.04. The van der Waals surface area contributed by atoms with Gasteiger partial charge in [-0.15, -0.1) is 0 Å². The highest BCUT2D eigenvalue weighted by molar-refractivity contribution is 5.84. The quantitative estimate of drug-likeness (QED) is 0.0574. The van der Waals surface area contributed by atoms with Crippen LogP contribution in [0, 0.1) is 0 Å². The van der Waals surface area contributed by atoms with Crippen LogP contribution >= 0.6 is 0 Å². The summed E-state index contributed by atoms with van der Waals surface area (Å²) >= 11 is 0. The summed E-state index contributed by atoms with van der Waals surface area (Å²) in [5, 5.41) is 0.588. The summed E-state index contributed by atoms with van der Waals surface area (Å²) in [6.45, 7) is 0.187. The van der Waals surface area contributed by atoms with E-state index in [-0.39, 0.29) is 0 Å². The van der Waals surface area contributed by atoms with Gasteiger partial charge in [0.1, 0.15) is 0 Å². The first kappa shape index (κ1) is 55.9. The van der Waals surface area contributed by atoms with Crippen LogP contribution in [0.1, 0.15) is 20.3 Å². The Morgan fingerprint density at radius 3 is 0.966 bits per heavy atom. The molecule has 0 fully saturated rings. The standard InChI is InChI=1S/C25H21F29N2O3/c1-9(2)59-10(57)8-56(3,4)7-5-6-55-11(58)12(26,27)13(28,29)14(30,31)15(32,33)16(34,35)17(36,37)18(38,39)19(40,41)20(42,43)21(44,45)22(46,47)23(48,49)24(50,51)25(52,53)54/h9H,5-8H2,1-4H3/p+1. The monoisotopic (exact) mass is 949 g/mol. The zero-order chi connectivity index (χ0) is 48.5. The molecule has 0 aliphatic carbocycles. The zero-order valence-corrected chi connectivity index (χ0v) is 28.5. The van der Waals surface area contributed by atoms with Crippen LogP contribution in [0.15, 0.2) is 0 Å². The third-order valence-corrected chi connectivity index (χ3v) is 7.52. The molecule has 0 saturated heterocycles. The van der Waals surface area contributed by atoms with Crippen LogP contribution in [0.4, 0.5) is 127 Å². The first-order valence-corrected chi connectivity index (χ1v) is 14.5. The van der Waals surface area contributed by atoms with Crippen molar-refractivity contribution in [2.75, 3.05) is 33.7 Å². The van der Waals surface area contributed by atoms with Gasteiger partial charge in [-0.05, 0) is 13.8 Å². The number of alkyl halides is 29. The number of carbonyl (C=O) groups excluding carboxylic acids is 2. The summed E-state index contributed by atoms with van der Waals surface area (Å²) in [4.78, 5) is 23.3. The molecule has 0 atom stereocenters. The van der Waals surface area contributed by atoms with Gasteiger partial charge in [-0.3, -0.25) is 4.79 Å². The Kier molecular flexibility index (Phi) is 14.5. The second-order valence-electron chi connectivity index (χ2n) is 12.9. The lowest BCUT2D eigenvalue weighted by Gasteiger charge is -2.46. The van der Waals surface area contributed by atoms with Crippen molar-refractivity contribution in [1.82, 2.24) is 5.32 Å². The van der Waals surface area contributed by atoms with E-state index in [1.165, 1.54) is 13.8 Å². The van der Waals surface area contributed by atoms with E-state index in [1.807, 2.05) is 0 Å². The highest BCUT2D eigenvalue weighted by Crippen LogP contribution is 2.69. The van der Waals surface area contributed by atoms with E-state index in [0.717, 1.165) is 14.1 Å². The molecule has 0 unspecified atom stereocenters. The number of nitrogens with one attached hydrogen (secondary N) is 1. The summed E-state index contributed by atoms with van der Waals surface area (Å²) in [5.74, 6) is -127. The number of hydrogen-bond acceptors (Lipinski definition) is 3. The van der Waals surface area contributed by atoms with Crippen molar-refractivity contribution < 1.29 is 146 Å². The molecule has 0 saturated carbocycles. The number of rotatable bonds is 20. The van der Waals surface area contributed by atoms with Crippen LogP contribution in [0.2, 0.25) is 0 Å². The minimum Gasteiger partial charge on any atom is -0.459 e. The second-order valence-corrected chi connectivity index (χ2v) is 12.9. The third kappa shape index (κ3) is 8.19. The summed E-state index contributed by atoms with van der Waals surface area (Å²) in [6, 6.07) is 0. The van der Waals surface area contributed by atoms with Crippen LogP contribution in [0.3, 0.4) is 0 Å². The van der Waals surface area contributed by atoms with Gasteiger partial charge in [0, 0.05) is 13.0 Å². The van der Waals surface area contributed by atoms with Gasteiger partial charge in [0.25, 0.3) is 5.91 Å². The van der Waals surface area contributed by atoms with Crippen molar-refractivity contribution in [3.8, 4) is 0 Å². The molecule has 0 aromatic heterocycles. The molecule has 1 N–H and O–H groups in total. The molecule has 0 heterocycles. The van der Waals surface area contributed by atoms with E-state index in [0.29, 0.717) is 5.32 Å². The number of quaternary nitrogens is 1. The topological polar surface area (TPSA) is 55.4 Å². The maximum Gasteiger partial charge on any atom is 0.460 e. The van der Waals surface area contributed by atoms with Crippen molar-refractivity contribution >= 4 is 11.9 Å². The maximum atomic E-state index is 14.2. The van der Waals surface area contributed by atoms with Crippen LogP contribution in [0.5, 0.6) is 0 Å². The average molecular weight is 949 g/mol. The van der Waals surface area contributed by atoms with Crippen LogP contribution in [-0.2, 0) is 14.3 Å². The number of nitrogens with zero attached hydrogens (tertiary/aromatic N) is 1. The number of esters is 1. The van der Waals surface area contributed by atoms with E-state index < -0.39 is 132 Å². The van der Waals surface area contributed by atoms with E-state index in [4.69, 9.17) is 4.74 Å². The molecular formula is C25H22F29N2O3+. The number of halogens is 29. The summed E-state index contributed by atoms with van der Waals surface area (Å²) in [7, 11) is 2.31. The lowest BCUT2D eigenvalue weighted by molar-refractivity contribution is -0.883. The molecule has 0 rings (SSSR count). The molecule has 0 aliphatic heterocycles. The number of amides is 1. The Morgan fingerprint density at radius 2 is 0.712 bits per heavy atom. The van der Waals surface area contributed by atoms with Gasteiger partial charge in [0.15, 0.2) is 6.54 Å². The SMILES string of the molecule is CC(C)OC(=O)C[N+](C)(C)CCCNC(=O)C(F)(F)C(F)(F)C(F)(F)C(F)(F)C(F)(F)C(F)(F)C(F)(F)C(F)(F)C(F)(F)C(F)(F)C(F)(F)C(F)(F)C(F)(F)C(F)(F)F. The molecular weight excluding hydrogens is 927 g/mol. The fourth-order valence-corrected chi connectivity index (χ4v) is 4.04. The third-order valence-electron chi connectivity index (χ3n) is 7.52. The predicted molar refractivity (Wildman–Crippen MR) is 131 cm³/mol. The van der Waals surface area contributed by atoms with Crippen LogP contribution in [0.25, 0.3) is 0 Å². The normalized spacial score (nSPS) is 16.1. The highest BCUT2D eigenvalue weighted by Gasteiger charge is 3.01. The Hall–Kier alpha value is -3.13. The van der Waals surface area contributed by atoms with Crippen molar-refractivity contribution in [1.29, 1.82) is 0 Å². The molecule has 352 valence electrons. The van der Waals surface area contributed by atoms with E-state index >= 15 is 0 Å². The molecule has 5 nitrogen and oxygen atoms in total. The van der Waals surface area contributed by atoms with Crippen LogP contribution in [-0.4, -0.2) is 139 Å². The van der Waals surface area contributed by atoms with Gasteiger partial charge < -0.3 is 14.5 Å². The fraction of sp³-hybridized carbons (Fsp3) is 0.920. The Bertz CT molecular complexity index is 1520. The van der Waals surface area contributed by atoms with E-state index in [1.54, 1.807) is 0 Å². The Morgan fingerprint density at radius 1 is 0.458 bits per heavy atom. The van der Waals surface area contributed by atoms with Crippen molar-refractivity contribution in [2.24, 2.45) is 0 Å². The lowest BCUT2D eigenvalue weighted by Crippen LogP contribution is -2.79. The molecule has 0 bridgehead atoms. The largest absolute Gasteiger partial charge is 0.460 e. The van der Waals surface area contributed by atoms with Crippen molar-refractivity contribution in [3.05, 3.63) is 0 Å². The van der Waals surface area contributed by atoms with Crippen molar-refractivity contribution in [2.45, 2.75) is 110 Å². The minimum absolute atomic E-state index is 0.505. The van der Waals surface area contributed by atoms with Crippen LogP contribution < -0.4 is 5.32 Å². The smallest absolute Gasteiger partial charge is 0.459 e. The van der Waals surface area contributed by atoms with Crippen molar-refractivity contribution in [3.63, 3.8) is 0 Å². The molecule has 59 heavy (non-hydrogen) atoms. The number of likely N-dealkylation sites (N-methyl/N-ethyl adjacent to an activating group) is 1. The maximum absolute atomic E-state index is 14.2. The number of carbonyl (C=O) groups is 2. The Labute approximate surface area is 307 Å². The van der Waals surface area contributed by atoms with Gasteiger partial charge in [-0.1, -0.05) is 0 Å². The molecule has 34 heteroatoms. The molecule has 0 aromatic rings. The van der Waals surface area contributed by atoms with Gasteiger partial charge in [-0.25, -0.2) is 4.79 Å². The van der Waals surface area contributed by atoms with Gasteiger partial charge >= 0.3 is 89.1 Å². The molecule has 1 amide bonds. The molecule has 0 spiro atoms. The predicted octanol–water partition coefficient (Wildman–Crippen LogP) is 9.34. The summed E-state index contributed by atoms with van der Waals surface area (Å²) < 4.78 is 401.